The van der Waals surface area contributed by atoms with Crippen molar-refractivity contribution in [3.63, 3.8) is 0 Å². The van der Waals surface area contributed by atoms with Crippen LogP contribution in [0.3, 0.4) is 0 Å². The van der Waals surface area contributed by atoms with Gasteiger partial charge in [0.25, 0.3) is 11.8 Å². The van der Waals surface area contributed by atoms with Crippen LogP contribution in [-0.2, 0) is 24.2 Å². The Morgan fingerprint density at radius 1 is 1.13 bits per heavy atom. The number of amides is 2. The molecule has 0 aromatic heterocycles. The highest BCUT2D eigenvalue weighted by Crippen LogP contribution is 2.18. The summed E-state index contributed by atoms with van der Waals surface area (Å²) in [5.41, 5.74) is 0.414. The maximum absolute atomic E-state index is 12.3. The van der Waals surface area contributed by atoms with Crippen molar-refractivity contribution < 1.29 is 27.5 Å². The lowest BCUT2D eigenvalue weighted by Gasteiger charge is -2.26. The lowest BCUT2D eigenvalue weighted by atomic mass is 10.1. The molecule has 9 heteroatoms. The SMILES string of the molecule is CCN(C(=O)COC(=O)CNC(=O)c1ccc2ccccc2c1)[C@H]1CCS(=O)(=O)C1. The van der Waals surface area contributed by atoms with E-state index in [0.717, 1.165) is 10.8 Å². The van der Waals surface area contributed by atoms with E-state index >= 15 is 0 Å². The molecule has 1 N–H and O–H groups in total. The molecule has 2 aromatic carbocycles. The summed E-state index contributed by atoms with van der Waals surface area (Å²) in [7, 11) is -3.12. The van der Waals surface area contributed by atoms with Crippen molar-refractivity contribution in [2.45, 2.75) is 19.4 Å². The van der Waals surface area contributed by atoms with Crippen LogP contribution in [0.1, 0.15) is 23.7 Å². The summed E-state index contributed by atoms with van der Waals surface area (Å²) in [5.74, 6) is -1.62. The standard InChI is InChI=1S/C21H24N2O6S/c1-2-23(18-9-10-30(27,28)14-18)19(24)13-29-20(25)12-22-21(26)17-8-7-15-5-3-4-6-16(15)11-17/h3-8,11,18H,2,9-10,12-14H2,1H3,(H,22,26)/t18-/m0/s1. The number of sulfone groups is 1. The average Bonchev–Trinajstić information content (AvgIpc) is 3.09. The summed E-state index contributed by atoms with van der Waals surface area (Å²) >= 11 is 0. The lowest BCUT2D eigenvalue weighted by molar-refractivity contribution is -0.151. The molecule has 0 bridgehead atoms. The molecule has 1 heterocycles. The molecule has 0 saturated carbocycles. The first-order valence-electron chi connectivity index (χ1n) is 9.71. The Kier molecular flexibility index (Phi) is 6.71. The van der Waals surface area contributed by atoms with Gasteiger partial charge >= 0.3 is 5.97 Å². The zero-order valence-electron chi connectivity index (χ0n) is 16.7. The number of carbonyl (C=O) groups is 3. The fourth-order valence-corrected chi connectivity index (χ4v) is 5.25. The number of benzene rings is 2. The molecule has 1 saturated heterocycles. The van der Waals surface area contributed by atoms with Crippen LogP contribution in [0.25, 0.3) is 10.8 Å². The Bertz CT molecular complexity index is 1070. The molecule has 1 aliphatic heterocycles. The molecular weight excluding hydrogens is 408 g/mol. The van der Waals surface area contributed by atoms with Crippen LogP contribution in [0.5, 0.6) is 0 Å². The van der Waals surface area contributed by atoms with E-state index in [0.29, 0.717) is 18.5 Å². The predicted octanol–water partition coefficient (Wildman–Crippen LogP) is 1.15. The Labute approximate surface area is 175 Å². The molecule has 0 radical (unpaired) electrons. The Morgan fingerprint density at radius 3 is 2.53 bits per heavy atom. The van der Waals surface area contributed by atoms with Gasteiger partial charge in [-0.25, -0.2) is 8.42 Å². The van der Waals surface area contributed by atoms with Crippen molar-refractivity contribution in [2.75, 3.05) is 31.2 Å². The second kappa shape index (κ2) is 9.25. The smallest absolute Gasteiger partial charge is 0.325 e. The predicted molar refractivity (Wildman–Crippen MR) is 112 cm³/mol. The summed E-state index contributed by atoms with van der Waals surface area (Å²) in [6.07, 6.45) is 0.387. The Morgan fingerprint density at radius 2 is 1.87 bits per heavy atom. The number of carbonyl (C=O) groups excluding carboxylic acids is 3. The van der Waals surface area contributed by atoms with E-state index in [2.05, 4.69) is 5.32 Å². The van der Waals surface area contributed by atoms with Gasteiger partial charge in [-0.05, 0) is 36.2 Å². The van der Waals surface area contributed by atoms with Gasteiger partial charge in [0.15, 0.2) is 16.4 Å². The van der Waals surface area contributed by atoms with Gasteiger partial charge in [-0.15, -0.1) is 0 Å². The first-order valence-corrected chi connectivity index (χ1v) is 11.5. The van der Waals surface area contributed by atoms with E-state index < -0.39 is 34.2 Å². The molecule has 0 spiro atoms. The molecule has 2 amide bonds. The molecule has 2 aromatic rings. The van der Waals surface area contributed by atoms with Crippen LogP contribution in [0.15, 0.2) is 42.5 Å². The molecule has 1 aliphatic rings. The van der Waals surface area contributed by atoms with Gasteiger partial charge < -0.3 is 15.0 Å². The van der Waals surface area contributed by atoms with Crippen molar-refractivity contribution in [3.05, 3.63) is 48.0 Å². The van der Waals surface area contributed by atoms with Crippen molar-refractivity contribution in [1.29, 1.82) is 0 Å². The molecule has 0 unspecified atom stereocenters. The Hall–Kier alpha value is -2.94. The number of hydrogen-bond acceptors (Lipinski definition) is 6. The molecule has 3 rings (SSSR count). The van der Waals surface area contributed by atoms with E-state index in [1.807, 2.05) is 30.3 Å². The summed E-state index contributed by atoms with van der Waals surface area (Å²) < 4.78 is 28.2. The third-order valence-corrected chi connectivity index (χ3v) is 6.82. The minimum atomic E-state index is -3.12. The van der Waals surface area contributed by atoms with Crippen molar-refractivity contribution >= 4 is 38.4 Å². The van der Waals surface area contributed by atoms with Crippen LogP contribution in [0.2, 0.25) is 0 Å². The lowest BCUT2D eigenvalue weighted by Crippen LogP contribution is -2.43. The van der Waals surface area contributed by atoms with Gasteiger partial charge in [0.2, 0.25) is 0 Å². The maximum Gasteiger partial charge on any atom is 0.325 e. The number of likely N-dealkylation sites (N-methyl/N-ethyl adjacent to an activating group) is 1. The maximum atomic E-state index is 12.3. The topological polar surface area (TPSA) is 110 Å². The zero-order valence-corrected chi connectivity index (χ0v) is 17.5. The highest BCUT2D eigenvalue weighted by atomic mass is 32.2. The number of esters is 1. The van der Waals surface area contributed by atoms with E-state index in [9.17, 15) is 22.8 Å². The molecule has 1 atom stereocenters. The molecule has 30 heavy (non-hydrogen) atoms. The average molecular weight is 432 g/mol. The van der Waals surface area contributed by atoms with Gasteiger partial charge in [-0.2, -0.15) is 0 Å². The fraction of sp³-hybridized carbons (Fsp3) is 0.381. The van der Waals surface area contributed by atoms with Gasteiger partial charge in [0.05, 0.1) is 11.5 Å². The highest BCUT2D eigenvalue weighted by molar-refractivity contribution is 7.91. The molecule has 1 fully saturated rings. The number of fused-ring (bicyclic) bond motifs is 1. The minimum absolute atomic E-state index is 0.0576. The summed E-state index contributed by atoms with van der Waals surface area (Å²) in [5, 5.41) is 4.39. The minimum Gasteiger partial charge on any atom is -0.454 e. The zero-order chi connectivity index (χ0) is 21.7. The van der Waals surface area contributed by atoms with Crippen LogP contribution in [0.4, 0.5) is 0 Å². The van der Waals surface area contributed by atoms with E-state index in [1.165, 1.54) is 4.90 Å². The summed E-state index contributed by atoms with van der Waals surface area (Å²) in [6, 6.07) is 12.4. The molecule has 8 nitrogen and oxygen atoms in total. The second-order valence-corrected chi connectivity index (χ2v) is 9.37. The highest BCUT2D eigenvalue weighted by Gasteiger charge is 2.34. The third-order valence-electron chi connectivity index (χ3n) is 5.07. The summed E-state index contributed by atoms with van der Waals surface area (Å²) in [4.78, 5) is 37.9. The van der Waals surface area contributed by atoms with Crippen LogP contribution >= 0.6 is 0 Å². The Balaban J connectivity index is 1.47. The van der Waals surface area contributed by atoms with E-state index in [1.54, 1.807) is 19.1 Å². The fourth-order valence-electron chi connectivity index (χ4n) is 3.52. The molecule has 0 aliphatic carbocycles. The van der Waals surface area contributed by atoms with Crippen LogP contribution < -0.4 is 5.32 Å². The van der Waals surface area contributed by atoms with Gasteiger partial charge in [0, 0.05) is 18.2 Å². The first-order chi connectivity index (χ1) is 14.3. The normalized spacial score (nSPS) is 17.4. The van der Waals surface area contributed by atoms with Crippen molar-refractivity contribution in [2.24, 2.45) is 0 Å². The first kappa shape index (κ1) is 21.8. The quantitative estimate of drug-likeness (QED) is 0.658. The van der Waals surface area contributed by atoms with Crippen LogP contribution in [0, 0.1) is 0 Å². The molecule has 160 valence electrons. The number of nitrogens with zero attached hydrogens (tertiary/aromatic N) is 1. The van der Waals surface area contributed by atoms with Gasteiger partial charge in [-0.3, -0.25) is 14.4 Å². The van der Waals surface area contributed by atoms with E-state index in [-0.39, 0.29) is 24.1 Å². The molecular formula is C21H24N2O6S. The second-order valence-electron chi connectivity index (χ2n) is 7.14. The number of hydrogen-bond donors (Lipinski definition) is 1. The van der Waals surface area contributed by atoms with Gasteiger partial charge in [0.1, 0.15) is 6.54 Å². The van der Waals surface area contributed by atoms with E-state index in [4.69, 9.17) is 4.74 Å². The number of ether oxygens (including phenoxy) is 1. The van der Waals surface area contributed by atoms with Crippen LogP contribution in [-0.4, -0.2) is 68.3 Å². The van der Waals surface area contributed by atoms with Crippen molar-refractivity contribution in [1.82, 2.24) is 10.2 Å². The van der Waals surface area contributed by atoms with Crippen molar-refractivity contribution in [3.8, 4) is 0 Å². The largest absolute Gasteiger partial charge is 0.454 e. The summed E-state index contributed by atoms with van der Waals surface area (Å²) in [6.45, 7) is 1.21. The monoisotopic (exact) mass is 432 g/mol. The number of rotatable bonds is 7. The van der Waals surface area contributed by atoms with Gasteiger partial charge in [-0.1, -0.05) is 30.3 Å². The number of nitrogens with one attached hydrogen (secondary N) is 1. The third kappa shape index (κ3) is 5.35.